The van der Waals surface area contributed by atoms with Gasteiger partial charge in [0, 0.05) is 40.4 Å². The summed E-state index contributed by atoms with van der Waals surface area (Å²) < 4.78 is 10.0. The second kappa shape index (κ2) is 7.86. The monoisotopic (exact) mass is 398 g/mol. The molecule has 5 nitrogen and oxygen atoms in total. The summed E-state index contributed by atoms with van der Waals surface area (Å²) in [5.74, 6) is 0.738. The fraction of sp³-hybridized carbons (Fsp3) is 0.100. The van der Waals surface area contributed by atoms with Crippen LogP contribution in [0.4, 0.5) is 0 Å². The topological polar surface area (TPSA) is 44.9 Å². The maximum absolute atomic E-state index is 6.42. The Labute approximate surface area is 166 Å². The third kappa shape index (κ3) is 4.15. The van der Waals surface area contributed by atoms with Gasteiger partial charge in [-0.3, -0.25) is 0 Å². The number of imidazole rings is 1. The first-order valence-electron chi connectivity index (χ1n) is 8.36. The zero-order valence-electron chi connectivity index (χ0n) is 14.2. The molecule has 4 aromatic rings. The number of hydrogen-bond donors (Lipinski definition) is 0. The summed E-state index contributed by atoms with van der Waals surface area (Å²) >= 11 is 12.5. The van der Waals surface area contributed by atoms with Gasteiger partial charge in [-0.05, 0) is 42.5 Å². The van der Waals surface area contributed by atoms with Crippen molar-refractivity contribution < 1.29 is 4.74 Å². The molecule has 2 aromatic heterocycles. The SMILES string of the molecule is Clc1ccc(C(Cn2ccnc2)Oc2ccc(-n3cccn3)cc2)c(Cl)c1. The minimum Gasteiger partial charge on any atom is -0.484 e. The number of aromatic nitrogens is 4. The van der Waals surface area contributed by atoms with Crippen LogP contribution < -0.4 is 4.74 Å². The Bertz CT molecular complexity index is 999. The third-order valence-electron chi connectivity index (χ3n) is 4.13. The predicted molar refractivity (Wildman–Crippen MR) is 106 cm³/mol. The van der Waals surface area contributed by atoms with E-state index < -0.39 is 0 Å². The lowest BCUT2D eigenvalue weighted by Crippen LogP contribution is -2.15. The number of nitrogens with zero attached hydrogens (tertiary/aromatic N) is 4. The van der Waals surface area contributed by atoms with Crippen LogP contribution in [0.5, 0.6) is 5.75 Å². The second-order valence-electron chi connectivity index (χ2n) is 5.98. The molecule has 0 amide bonds. The highest BCUT2D eigenvalue weighted by atomic mass is 35.5. The van der Waals surface area contributed by atoms with Gasteiger partial charge in [0.05, 0.1) is 18.6 Å². The Morgan fingerprint density at radius 1 is 1.00 bits per heavy atom. The van der Waals surface area contributed by atoms with E-state index in [2.05, 4.69) is 10.1 Å². The first kappa shape index (κ1) is 17.6. The standard InChI is InChI=1S/C20H16Cl2N4O/c21-15-2-7-18(19(22)12-15)20(13-25-11-9-23-14-25)27-17-5-3-16(4-6-17)26-10-1-8-24-26/h1-12,14,20H,13H2. The molecule has 0 radical (unpaired) electrons. The number of halogens is 2. The van der Waals surface area contributed by atoms with Crippen molar-refractivity contribution in [2.24, 2.45) is 0 Å². The lowest BCUT2D eigenvalue weighted by atomic mass is 10.1. The van der Waals surface area contributed by atoms with Gasteiger partial charge in [0.15, 0.2) is 0 Å². The van der Waals surface area contributed by atoms with Gasteiger partial charge in [-0.1, -0.05) is 29.3 Å². The molecule has 0 fully saturated rings. The molecule has 0 aliphatic carbocycles. The molecule has 0 saturated heterocycles. The number of rotatable bonds is 6. The van der Waals surface area contributed by atoms with Crippen molar-refractivity contribution in [2.75, 3.05) is 0 Å². The van der Waals surface area contributed by atoms with Crippen molar-refractivity contribution in [1.29, 1.82) is 0 Å². The van der Waals surface area contributed by atoms with Gasteiger partial charge >= 0.3 is 0 Å². The molecular weight excluding hydrogens is 383 g/mol. The lowest BCUT2D eigenvalue weighted by Gasteiger charge is -2.21. The molecule has 0 saturated carbocycles. The van der Waals surface area contributed by atoms with Gasteiger partial charge < -0.3 is 9.30 Å². The summed E-state index contributed by atoms with van der Waals surface area (Å²) in [7, 11) is 0. The average molecular weight is 399 g/mol. The summed E-state index contributed by atoms with van der Waals surface area (Å²) in [5, 5.41) is 5.39. The van der Waals surface area contributed by atoms with E-state index in [-0.39, 0.29) is 6.10 Å². The zero-order chi connectivity index (χ0) is 18.6. The predicted octanol–water partition coefficient (Wildman–Crippen LogP) is 5.20. The lowest BCUT2D eigenvalue weighted by molar-refractivity contribution is 0.183. The second-order valence-corrected chi connectivity index (χ2v) is 6.82. The average Bonchev–Trinajstić information content (AvgIpc) is 3.36. The summed E-state index contributed by atoms with van der Waals surface area (Å²) in [4.78, 5) is 4.10. The first-order chi connectivity index (χ1) is 13.2. The number of ether oxygens (including phenoxy) is 1. The molecule has 0 aliphatic heterocycles. The molecule has 1 unspecified atom stereocenters. The van der Waals surface area contributed by atoms with Crippen molar-refractivity contribution in [3.63, 3.8) is 0 Å². The third-order valence-corrected chi connectivity index (χ3v) is 4.69. The van der Waals surface area contributed by atoms with Crippen LogP contribution in [0.15, 0.2) is 79.6 Å². The summed E-state index contributed by atoms with van der Waals surface area (Å²) in [6.07, 6.45) is 8.72. The molecular formula is C20H16Cl2N4O. The number of benzene rings is 2. The van der Waals surface area contributed by atoms with E-state index in [4.69, 9.17) is 27.9 Å². The number of hydrogen-bond acceptors (Lipinski definition) is 3. The molecule has 2 aromatic carbocycles. The van der Waals surface area contributed by atoms with Crippen LogP contribution in [-0.4, -0.2) is 19.3 Å². The van der Waals surface area contributed by atoms with Crippen molar-refractivity contribution >= 4 is 23.2 Å². The molecule has 2 heterocycles. The minimum atomic E-state index is -0.292. The molecule has 4 rings (SSSR count). The van der Waals surface area contributed by atoms with Crippen molar-refractivity contribution in [3.8, 4) is 11.4 Å². The van der Waals surface area contributed by atoms with Crippen LogP contribution in [-0.2, 0) is 6.54 Å². The van der Waals surface area contributed by atoms with Crippen LogP contribution >= 0.6 is 23.2 Å². The summed E-state index contributed by atoms with van der Waals surface area (Å²) in [6.45, 7) is 0.572. The van der Waals surface area contributed by atoms with E-state index in [9.17, 15) is 0 Å². The van der Waals surface area contributed by atoms with Crippen LogP contribution in [0.1, 0.15) is 11.7 Å². The Kier molecular flexibility index (Phi) is 5.14. The van der Waals surface area contributed by atoms with Gasteiger partial charge in [-0.2, -0.15) is 5.10 Å². The Morgan fingerprint density at radius 3 is 2.52 bits per heavy atom. The molecule has 0 aliphatic rings. The van der Waals surface area contributed by atoms with Gasteiger partial charge in [0.25, 0.3) is 0 Å². The normalized spacial score (nSPS) is 12.1. The van der Waals surface area contributed by atoms with Gasteiger partial charge in [-0.25, -0.2) is 9.67 Å². The van der Waals surface area contributed by atoms with E-state index in [1.54, 1.807) is 29.5 Å². The van der Waals surface area contributed by atoms with Crippen molar-refractivity contribution in [2.45, 2.75) is 12.6 Å². The molecule has 1 atom stereocenters. The maximum Gasteiger partial charge on any atom is 0.143 e. The van der Waals surface area contributed by atoms with E-state index in [1.165, 1.54) is 0 Å². The van der Waals surface area contributed by atoms with E-state index in [1.807, 2.05) is 59.4 Å². The highest BCUT2D eigenvalue weighted by Gasteiger charge is 2.18. The smallest absolute Gasteiger partial charge is 0.143 e. The minimum absolute atomic E-state index is 0.292. The fourth-order valence-electron chi connectivity index (χ4n) is 2.81. The van der Waals surface area contributed by atoms with Crippen molar-refractivity contribution in [1.82, 2.24) is 19.3 Å². The van der Waals surface area contributed by atoms with Gasteiger partial charge in [-0.15, -0.1) is 0 Å². The van der Waals surface area contributed by atoms with Crippen molar-refractivity contribution in [3.05, 3.63) is 95.3 Å². The Balaban J connectivity index is 1.60. The van der Waals surface area contributed by atoms with Crippen LogP contribution in [0.25, 0.3) is 5.69 Å². The molecule has 7 heteroatoms. The van der Waals surface area contributed by atoms with Crippen LogP contribution in [0.3, 0.4) is 0 Å². The zero-order valence-corrected chi connectivity index (χ0v) is 15.8. The maximum atomic E-state index is 6.42. The Morgan fingerprint density at radius 2 is 1.85 bits per heavy atom. The van der Waals surface area contributed by atoms with E-state index in [0.29, 0.717) is 16.6 Å². The summed E-state index contributed by atoms with van der Waals surface area (Å²) in [6, 6.07) is 15.1. The quantitative estimate of drug-likeness (QED) is 0.448. The van der Waals surface area contributed by atoms with Crippen LogP contribution in [0.2, 0.25) is 10.0 Å². The first-order valence-corrected chi connectivity index (χ1v) is 9.12. The molecule has 0 bridgehead atoms. The molecule has 0 N–H and O–H groups in total. The van der Waals surface area contributed by atoms with E-state index in [0.717, 1.165) is 17.0 Å². The summed E-state index contributed by atoms with van der Waals surface area (Å²) in [5.41, 5.74) is 1.83. The highest BCUT2D eigenvalue weighted by Crippen LogP contribution is 2.31. The highest BCUT2D eigenvalue weighted by molar-refractivity contribution is 6.35. The molecule has 136 valence electrons. The van der Waals surface area contributed by atoms with Crippen LogP contribution in [0, 0.1) is 0 Å². The molecule has 27 heavy (non-hydrogen) atoms. The van der Waals surface area contributed by atoms with E-state index >= 15 is 0 Å². The molecule has 0 spiro atoms. The van der Waals surface area contributed by atoms with Gasteiger partial charge in [0.1, 0.15) is 11.9 Å². The largest absolute Gasteiger partial charge is 0.484 e. The van der Waals surface area contributed by atoms with Gasteiger partial charge in [0.2, 0.25) is 0 Å². The fourth-order valence-corrected chi connectivity index (χ4v) is 3.34. The Hall–Kier alpha value is -2.76.